The summed E-state index contributed by atoms with van der Waals surface area (Å²) in [6.45, 7) is 8.41. The van der Waals surface area contributed by atoms with Crippen LogP contribution in [0.15, 0.2) is 27.6 Å². The van der Waals surface area contributed by atoms with Crippen LogP contribution in [0.4, 0.5) is 0 Å². The molecule has 2 heterocycles. The van der Waals surface area contributed by atoms with Crippen molar-refractivity contribution < 1.29 is 12.9 Å². The minimum atomic E-state index is -3.56. The molecule has 1 aromatic heterocycles. The molecule has 0 aliphatic carbocycles. The number of nitrogens with zero attached hydrogens (tertiary/aromatic N) is 2. The Bertz CT molecular complexity index is 871. The smallest absolute Gasteiger partial charge is 0.243 e. The average molecular weight is 362 g/mol. The van der Waals surface area contributed by atoms with Gasteiger partial charge in [0, 0.05) is 19.0 Å². The second-order valence-corrected chi connectivity index (χ2v) is 8.80. The first-order valence-electron chi connectivity index (χ1n) is 8.89. The van der Waals surface area contributed by atoms with Gasteiger partial charge in [-0.1, -0.05) is 18.1 Å². The van der Waals surface area contributed by atoms with Crippen LogP contribution in [0.2, 0.25) is 0 Å². The standard InChI is InChI=1S/C19H26N2O3S/c1-5-7-16-12-17(20-24-16)18-8-6-9-21(18)25(22,23)19-11-14(3)13(2)10-15(19)4/h10-12,18H,5-9H2,1-4H3. The lowest BCUT2D eigenvalue weighted by atomic mass is 10.1. The van der Waals surface area contributed by atoms with Gasteiger partial charge in [0.25, 0.3) is 0 Å². The Morgan fingerprint density at radius 2 is 1.88 bits per heavy atom. The van der Waals surface area contributed by atoms with E-state index < -0.39 is 10.0 Å². The molecule has 1 atom stereocenters. The van der Waals surface area contributed by atoms with Gasteiger partial charge in [-0.2, -0.15) is 4.31 Å². The van der Waals surface area contributed by atoms with E-state index in [0.29, 0.717) is 11.4 Å². The summed E-state index contributed by atoms with van der Waals surface area (Å²) in [5.41, 5.74) is 3.62. The Kier molecular flexibility index (Phi) is 5.02. The van der Waals surface area contributed by atoms with Crippen molar-refractivity contribution in [2.24, 2.45) is 0 Å². The number of rotatable bonds is 5. The third kappa shape index (κ3) is 3.37. The average Bonchev–Trinajstić information content (AvgIpc) is 3.19. The van der Waals surface area contributed by atoms with Gasteiger partial charge in [-0.3, -0.25) is 0 Å². The highest BCUT2D eigenvalue weighted by Crippen LogP contribution is 2.37. The fourth-order valence-corrected chi connectivity index (χ4v) is 5.47. The van der Waals surface area contributed by atoms with Gasteiger partial charge in [-0.25, -0.2) is 8.42 Å². The molecular formula is C19H26N2O3S. The lowest BCUT2D eigenvalue weighted by Gasteiger charge is -2.24. The molecule has 1 aromatic carbocycles. The van der Waals surface area contributed by atoms with Crippen LogP contribution in [-0.2, 0) is 16.4 Å². The van der Waals surface area contributed by atoms with Crippen molar-refractivity contribution in [3.05, 3.63) is 46.3 Å². The van der Waals surface area contributed by atoms with E-state index in [-0.39, 0.29) is 6.04 Å². The summed E-state index contributed by atoms with van der Waals surface area (Å²) in [6.07, 6.45) is 3.41. The maximum absolute atomic E-state index is 13.3. The zero-order valence-electron chi connectivity index (χ0n) is 15.4. The van der Waals surface area contributed by atoms with E-state index in [4.69, 9.17) is 4.52 Å². The molecule has 0 N–H and O–H groups in total. The number of aromatic nitrogens is 1. The topological polar surface area (TPSA) is 63.4 Å². The number of sulfonamides is 1. The second-order valence-electron chi connectivity index (χ2n) is 6.94. The predicted octanol–water partition coefficient (Wildman–Crippen LogP) is 4.08. The molecule has 0 amide bonds. The zero-order chi connectivity index (χ0) is 18.2. The lowest BCUT2D eigenvalue weighted by Crippen LogP contribution is -2.31. The SMILES string of the molecule is CCCc1cc(C2CCCN2S(=O)(=O)c2cc(C)c(C)cc2C)no1. The number of hydrogen-bond donors (Lipinski definition) is 0. The summed E-state index contributed by atoms with van der Waals surface area (Å²) >= 11 is 0. The monoisotopic (exact) mass is 362 g/mol. The van der Waals surface area contributed by atoms with Crippen LogP contribution in [0.3, 0.4) is 0 Å². The fourth-order valence-electron chi connectivity index (χ4n) is 3.51. The van der Waals surface area contributed by atoms with Crippen molar-refractivity contribution in [2.75, 3.05) is 6.54 Å². The molecule has 3 rings (SSSR count). The summed E-state index contributed by atoms with van der Waals surface area (Å²) in [5.74, 6) is 0.823. The van der Waals surface area contributed by atoms with Gasteiger partial charge in [0.05, 0.1) is 10.9 Å². The molecule has 25 heavy (non-hydrogen) atoms. The summed E-state index contributed by atoms with van der Waals surface area (Å²) in [4.78, 5) is 0.403. The second kappa shape index (κ2) is 6.92. The first-order chi connectivity index (χ1) is 11.8. The van der Waals surface area contributed by atoms with Gasteiger partial charge >= 0.3 is 0 Å². The van der Waals surface area contributed by atoms with E-state index in [1.165, 1.54) is 0 Å². The molecule has 1 aliphatic heterocycles. The van der Waals surface area contributed by atoms with Gasteiger partial charge in [0.1, 0.15) is 11.5 Å². The first-order valence-corrected chi connectivity index (χ1v) is 10.3. The van der Waals surface area contributed by atoms with Crippen LogP contribution < -0.4 is 0 Å². The normalized spacial score (nSPS) is 18.8. The summed E-state index contributed by atoms with van der Waals surface area (Å²) in [7, 11) is -3.56. The highest BCUT2D eigenvalue weighted by atomic mass is 32.2. The third-order valence-electron chi connectivity index (χ3n) is 5.00. The van der Waals surface area contributed by atoms with Crippen LogP contribution in [0, 0.1) is 20.8 Å². The molecular weight excluding hydrogens is 336 g/mol. The highest BCUT2D eigenvalue weighted by molar-refractivity contribution is 7.89. The van der Waals surface area contributed by atoms with Crippen molar-refractivity contribution in [3.8, 4) is 0 Å². The van der Waals surface area contributed by atoms with E-state index in [0.717, 1.165) is 53.8 Å². The van der Waals surface area contributed by atoms with Crippen molar-refractivity contribution >= 4 is 10.0 Å². The summed E-state index contributed by atoms with van der Waals surface area (Å²) in [6, 6.07) is 5.42. The summed E-state index contributed by atoms with van der Waals surface area (Å²) < 4.78 is 33.6. The van der Waals surface area contributed by atoms with Gasteiger partial charge in [-0.05, 0) is 62.8 Å². The van der Waals surface area contributed by atoms with Gasteiger partial charge < -0.3 is 4.52 Å². The molecule has 2 aromatic rings. The predicted molar refractivity (Wildman–Crippen MR) is 97.0 cm³/mol. The van der Waals surface area contributed by atoms with Crippen molar-refractivity contribution in [3.63, 3.8) is 0 Å². The van der Waals surface area contributed by atoms with Crippen LogP contribution in [-0.4, -0.2) is 24.4 Å². The Morgan fingerprint density at radius 3 is 2.60 bits per heavy atom. The number of benzene rings is 1. The molecule has 5 nitrogen and oxygen atoms in total. The molecule has 1 fully saturated rings. The van der Waals surface area contributed by atoms with Gasteiger partial charge in [-0.15, -0.1) is 0 Å². The number of aryl methyl sites for hydroxylation is 4. The Morgan fingerprint density at radius 1 is 1.16 bits per heavy atom. The maximum atomic E-state index is 13.3. The highest BCUT2D eigenvalue weighted by Gasteiger charge is 2.38. The quantitative estimate of drug-likeness (QED) is 0.804. The molecule has 0 spiro atoms. The van der Waals surface area contributed by atoms with Crippen LogP contribution in [0.5, 0.6) is 0 Å². The molecule has 6 heteroatoms. The molecule has 0 radical (unpaired) electrons. The van der Waals surface area contributed by atoms with Gasteiger partial charge in [0.15, 0.2) is 0 Å². The minimum absolute atomic E-state index is 0.236. The molecule has 136 valence electrons. The number of hydrogen-bond acceptors (Lipinski definition) is 4. The first kappa shape index (κ1) is 18.1. The Balaban J connectivity index is 1.97. The van der Waals surface area contributed by atoms with Crippen LogP contribution >= 0.6 is 0 Å². The Hall–Kier alpha value is -1.66. The Labute approximate surface area is 150 Å². The lowest BCUT2D eigenvalue weighted by molar-refractivity contribution is 0.343. The molecule has 0 saturated carbocycles. The third-order valence-corrected chi connectivity index (χ3v) is 7.05. The van der Waals surface area contributed by atoms with Crippen molar-refractivity contribution in [1.82, 2.24) is 9.46 Å². The largest absolute Gasteiger partial charge is 0.361 e. The fraction of sp³-hybridized carbons (Fsp3) is 0.526. The molecule has 1 aliphatic rings. The van der Waals surface area contributed by atoms with E-state index in [1.807, 2.05) is 32.9 Å². The maximum Gasteiger partial charge on any atom is 0.243 e. The zero-order valence-corrected chi connectivity index (χ0v) is 16.2. The van der Waals surface area contributed by atoms with Crippen molar-refractivity contribution in [2.45, 2.75) is 64.3 Å². The molecule has 0 bridgehead atoms. The van der Waals surface area contributed by atoms with E-state index in [9.17, 15) is 8.42 Å². The van der Waals surface area contributed by atoms with Crippen LogP contribution in [0.1, 0.15) is 60.4 Å². The molecule has 1 saturated heterocycles. The van der Waals surface area contributed by atoms with E-state index >= 15 is 0 Å². The van der Waals surface area contributed by atoms with Crippen molar-refractivity contribution in [1.29, 1.82) is 0 Å². The van der Waals surface area contributed by atoms with E-state index in [2.05, 4.69) is 12.1 Å². The van der Waals surface area contributed by atoms with Crippen LogP contribution in [0.25, 0.3) is 0 Å². The molecule has 1 unspecified atom stereocenters. The minimum Gasteiger partial charge on any atom is -0.361 e. The van der Waals surface area contributed by atoms with Gasteiger partial charge in [0.2, 0.25) is 10.0 Å². The summed E-state index contributed by atoms with van der Waals surface area (Å²) in [5, 5.41) is 4.15. The van der Waals surface area contributed by atoms with E-state index in [1.54, 1.807) is 10.4 Å².